The molecule has 20 heteroatoms. The molecule has 3 aliphatic heterocycles. The van der Waals surface area contributed by atoms with Gasteiger partial charge in [-0.2, -0.15) is 0 Å². The number of phenols is 2. The van der Waals surface area contributed by atoms with Crippen molar-refractivity contribution in [1.82, 2.24) is 34.8 Å². The highest BCUT2D eigenvalue weighted by Crippen LogP contribution is 2.35. The minimum atomic E-state index is -2.72. The molecule has 4 aromatic rings. The molecular weight excluding hydrogens is 965 g/mol. The van der Waals surface area contributed by atoms with Gasteiger partial charge >= 0.3 is 7.40 Å². The van der Waals surface area contributed by atoms with E-state index in [2.05, 4.69) is 48.6 Å². The lowest BCUT2D eigenvalue weighted by Crippen LogP contribution is -2.46. The number of hydrogen-bond acceptors (Lipinski definition) is 12. The van der Waals surface area contributed by atoms with Crippen molar-refractivity contribution in [2.75, 3.05) is 98.7 Å². The molecule has 0 aliphatic carbocycles. The molecule has 75 heavy (non-hydrogen) atoms. The molecule has 5 N–H and O–H groups in total. The highest BCUT2D eigenvalue weighted by atomic mass is 19.2. The third-order valence-corrected chi connectivity index (χ3v) is 13.4. The number of aromatic nitrogens is 2. The van der Waals surface area contributed by atoms with Crippen molar-refractivity contribution >= 4 is 36.9 Å². The fourth-order valence-electron chi connectivity index (χ4n) is 9.29. The van der Waals surface area contributed by atoms with E-state index in [9.17, 15) is 33.2 Å². The molecule has 0 spiro atoms. The van der Waals surface area contributed by atoms with Gasteiger partial charge in [0.25, 0.3) is 5.91 Å². The summed E-state index contributed by atoms with van der Waals surface area (Å²) in [6.45, 7) is 14.9. The van der Waals surface area contributed by atoms with Crippen molar-refractivity contribution in [3.8, 4) is 22.9 Å². The van der Waals surface area contributed by atoms with Crippen molar-refractivity contribution in [2.24, 2.45) is 4.99 Å². The first-order valence-corrected chi connectivity index (χ1v) is 26.3. The van der Waals surface area contributed by atoms with E-state index < -0.39 is 7.40 Å². The highest BCUT2D eigenvalue weighted by molar-refractivity contribution is 6.42. The van der Waals surface area contributed by atoms with Crippen molar-refractivity contribution in [3.63, 3.8) is 0 Å². The van der Waals surface area contributed by atoms with Gasteiger partial charge in [0.15, 0.2) is 0 Å². The van der Waals surface area contributed by atoms with Crippen LogP contribution < -0.4 is 10.6 Å². The summed E-state index contributed by atoms with van der Waals surface area (Å²) in [4.78, 5) is 52.2. The van der Waals surface area contributed by atoms with Gasteiger partial charge in [0.05, 0.1) is 75.5 Å². The van der Waals surface area contributed by atoms with Crippen LogP contribution in [-0.2, 0) is 48.2 Å². The first kappa shape index (κ1) is 56.6. The number of ether oxygens (including phenoxy) is 4. The molecule has 2 aromatic carbocycles. The average Bonchev–Trinajstić information content (AvgIpc) is 4.24. The monoisotopic (exact) mass is 1040 g/mol. The molecule has 0 saturated carbocycles. The molecule has 2 aromatic heterocycles. The van der Waals surface area contributed by atoms with Crippen LogP contribution in [0, 0.1) is 0 Å². The number of amides is 3. The summed E-state index contributed by atoms with van der Waals surface area (Å²) >= 11 is 0. The van der Waals surface area contributed by atoms with Gasteiger partial charge < -0.3 is 59.1 Å². The molecule has 1 saturated heterocycles. The van der Waals surface area contributed by atoms with Gasteiger partial charge in [0, 0.05) is 95.4 Å². The largest absolute Gasteiger partial charge is 0.678 e. The number of nitrogens with zero attached hydrogens (tertiary/aromatic N) is 5. The third kappa shape index (κ3) is 17.4. The Morgan fingerprint density at radius 2 is 1.45 bits per heavy atom. The number of carbonyl (C=O) groups excluding carboxylic acids is 3. The lowest BCUT2D eigenvalue weighted by molar-refractivity contribution is -0.122. The standard InChI is InChI=1S/C55H73BF2N8O9/c1-40(2)47-35-48(52(68)36-51(47)67)55(71)65-38-42-9-8-41(33-43(42)39-65)37-64-23-21-63(22-24-64)20-5-3-4-17-60-54(70)16-25-72-27-29-74-31-32-75-30-28-73-26-19-61-53(69)15-12-44-10-11-45(62-44)34-46-13-14-50(66(46)56(57)58)49-7-6-18-59-49/h6-11,13-14,18,33-36,40,59,67-68H,3-5,12,15-17,19-32,37-39H2,1-2H3,(H,60,70)(H,61,69)/b45-34-. The number of hydrogen-bond donors (Lipinski definition) is 5. The molecule has 404 valence electrons. The van der Waals surface area contributed by atoms with Crippen LogP contribution in [0.2, 0.25) is 0 Å². The molecule has 3 amide bonds. The summed E-state index contributed by atoms with van der Waals surface area (Å²) in [7, 11) is -2.72. The Hall–Kier alpha value is -6.16. The van der Waals surface area contributed by atoms with E-state index in [0.717, 1.165) is 74.1 Å². The molecule has 0 unspecified atom stereocenters. The Morgan fingerprint density at radius 1 is 0.760 bits per heavy atom. The Morgan fingerprint density at radius 3 is 2.17 bits per heavy atom. The van der Waals surface area contributed by atoms with E-state index in [1.165, 1.54) is 11.6 Å². The molecule has 0 bridgehead atoms. The van der Waals surface area contributed by atoms with Crippen molar-refractivity contribution in [3.05, 3.63) is 112 Å². The zero-order valence-electron chi connectivity index (χ0n) is 43.4. The van der Waals surface area contributed by atoms with Crippen LogP contribution in [-0.4, -0.2) is 164 Å². The Balaban J connectivity index is 0.614. The van der Waals surface area contributed by atoms with Crippen molar-refractivity contribution in [1.29, 1.82) is 0 Å². The number of benzene rings is 2. The van der Waals surface area contributed by atoms with Crippen molar-refractivity contribution < 1.29 is 52.2 Å². The summed E-state index contributed by atoms with van der Waals surface area (Å²) in [6.07, 6.45) is 10.9. The molecule has 3 aliphatic rings. The summed E-state index contributed by atoms with van der Waals surface area (Å²) in [5, 5.41) is 26.5. The number of aromatic hydroxyl groups is 2. The van der Waals surface area contributed by atoms with Crippen LogP contribution in [0.15, 0.2) is 83.6 Å². The Labute approximate surface area is 439 Å². The molecule has 7 rings (SSSR count). The smallest absolute Gasteiger partial charge is 0.508 e. The third-order valence-electron chi connectivity index (χ3n) is 13.4. The topological polar surface area (TPSA) is 195 Å². The van der Waals surface area contributed by atoms with E-state index in [4.69, 9.17) is 18.9 Å². The van der Waals surface area contributed by atoms with Gasteiger partial charge in [0.1, 0.15) is 11.5 Å². The van der Waals surface area contributed by atoms with Gasteiger partial charge in [-0.15, -0.1) is 0 Å². The summed E-state index contributed by atoms with van der Waals surface area (Å²) in [5.74, 6) is -0.573. The normalized spacial score (nSPS) is 15.3. The molecule has 0 radical (unpaired) electrons. The first-order valence-electron chi connectivity index (χ1n) is 26.3. The van der Waals surface area contributed by atoms with Crippen molar-refractivity contribution in [2.45, 2.75) is 77.9 Å². The maximum atomic E-state index is 13.9. The number of aliphatic imine (C=N–C) groups is 1. The SMILES string of the molecule is CC(C)c1cc(C(=O)N2Cc3ccc(CN4CCN(CCCCCNC(=O)CCOCCOCCOCCOCCNC(=O)CCC5=N/C(=C\c6ccc(-c7ccc[nH]7)n6B(F)F)C=C5)CC4)cc3C2)c(O)cc1O. The predicted octanol–water partition coefficient (Wildman–Crippen LogP) is 6.75. The van der Waals surface area contributed by atoms with Gasteiger partial charge in [0.2, 0.25) is 11.8 Å². The zero-order chi connectivity index (χ0) is 52.9. The number of phenolic OH excluding ortho intramolecular Hbond substituents is 2. The number of carbonyl (C=O) groups is 3. The fraction of sp³-hybridized carbons (Fsp3) is 0.491. The maximum Gasteiger partial charge on any atom is 0.678 e. The summed E-state index contributed by atoms with van der Waals surface area (Å²) in [6, 6.07) is 16.1. The molecule has 0 atom stereocenters. The molecule has 5 heterocycles. The second-order valence-corrected chi connectivity index (χ2v) is 19.3. The van der Waals surface area contributed by atoms with Gasteiger partial charge in [-0.05, 0) is 103 Å². The quantitative estimate of drug-likeness (QED) is 0.0264. The number of halogens is 2. The number of rotatable bonds is 31. The minimum absolute atomic E-state index is 0.00125. The maximum absolute atomic E-state index is 13.9. The number of H-pyrrole nitrogens is 1. The number of aromatic amines is 1. The van der Waals surface area contributed by atoms with Crippen LogP contribution in [0.5, 0.6) is 11.5 Å². The first-order chi connectivity index (χ1) is 36.4. The van der Waals surface area contributed by atoms with Crippen LogP contribution in [0.1, 0.15) is 96.6 Å². The number of allylic oxidation sites excluding steroid dienone is 2. The zero-order valence-corrected chi connectivity index (χ0v) is 43.4. The van der Waals surface area contributed by atoms with Gasteiger partial charge in [-0.1, -0.05) is 38.5 Å². The number of nitrogens with one attached hydrogen (secondary N) is 3. The lowest BCUT2D eigenvalue weighted by Gasteiger charge is -2.34. The Kier molecular flexibility index (Phi) is 22.0. The molecule has 1 fully saturated rings. The number of piperazine rings is 1. The van der Waals surface area contributed by atoms with Gasteiger partial charge in [-0.3, -0.25) is 32.9 Å². The van der Waals surface area contributed by atoms with Crippen LogP contribution in [0.4, 0.5) is 8.63 Å². The number of unbranched alkanes of at least 4 members (excludes halogenated alkanes) is 2. The second kappa shape index (κ2) is 29.2. The second-order valence-electron chi connectivity index (χ2n) is 19.3. The molecular formula is C55H73BF2N8O9. The van der Waals surface area contributed by atoms with Gasteiger partial charge in [-0.25, -0.2) is 0 Å². The summed E-state index contributed by atoms with van der Waals surface area (Å²) < 4.78 is 50.9. The fourth-order valence-corrected chi connectivity index (χ4v) is 9.29. The van der Waals surface area contributed by atoms with Crippen LogP contribution in [0.25, 0.3) is 17.5 Å². The lowest BCUT2D eigenvalue weighted by atomic mass is 9.98. The van der Waals surface area contributed by atoms with Crippen LogP contribution >= 0.6 is 0 Å². The van der Waals surface area contributed by atoms with E-state index in [-0.39, 0.29) is 47.1 Å². The summed E-state index contributed by atoms with van der Waals surface area (Å²) in [5.41, 5.74) is 6.91. The molecule has 17 nitrogen and oxygen atoms in total. The average molecular weight is 1040 g/mol. The Bertz CT molecular complexity index is 2580. The predicted molar refractivity (Wildman–Crippen MR) is 285 cm³/mol. The van der Waals surface area contributed by atoms with E-state index in [0.29, 0.717) is 126 Å². The van der Waals surface area contributed by atoms with Crippen LogP contribution in [0.3, 0.4) is 0 Å². The van der Waals surface area contributed by atoms with E-state index in [1.54, 1.807) is 59.7 Å². The van der Waals surface area contributed by atoms with E-state index >= 15 is 0 Å². The number of fused-ring (bicyclic) bond motifs is 1. The minimum Gasteiger partial charge on any atom is -0.508 e. The highest BCUT2D eigenvalue weighted by Gasteiger charge is 2.28. The van der Waals surface area contributed by atoms with E-state index in [1.807, 2.05) is 13.8 Å².